The minimum Gasteiger partial charge on any atom is -0.480 e. The number of carboxylic acids is 1. The van der Waals surface area contributed by atoms with Crippen molar-refractivity contribution < 1.29 is 23.1 Å². The third kappa shape index (κ3) is 3.98. The van der Waals surface area contributed by atoms with E-state index in [2.05, 4.69) is 5.32 Å². The number of ether oxygens (including phenoxy) is 1. The Balaban J connectivity index is 2.66. The summed E-state index contributed by atoms with van der Waals surface area (Å²) in [6.07, 6.45) is 2.56. The van der Waals surface area contributed by atoms with E-state index in [-0.39, 0.29) is 11.1 Å². The van der Waals surface area contributed by atoms with Gasteiger partial charge >= 0.3 is 5.97 Å². The highest BCUT2D eigenvalue weighted by Gasteiger charge is 2.21. The molecule has 86 valence electrons. The Morgan fingerprint density at radius 2 is 2.20 bits per heavy atom. The van der Waals surface area contributed by atoms with Gasteiger partial charge in [-0.05, 0) is 19.4 Å². The quantitative estimate of drug-likeness (QED) is 0.624. The van der Waals surface area contributed by atoms with Crippen LogP contribution in [0.5, 0.6) is 0 Å². The molecule has 0 aliphatic carbocycles. The lowest BCUT2D eigenvalue weighted by Crippen LogP contribution is -2.42. The van der Waals surface area contributed by atoms with Crippen LogP contribution in [0.25, 0.3) is 0 Å². The van der Waals surface area contributed by atoms with Crippen LogP contribution in [0.4, 0.5) is 0 Å². The first-order chi connectivity index (χ1) is 7.11. The molecule has 1 heterocycles. The van der Waals surface area contributed by atoms with Gasteiger partial charge in [0.05, 0.1) is 6.04 Å². The van der Waals surface area contributed by atoms with Crippen molar-refractivity contribution in [1.29, 1.82) is 0 Å². The van der Waals surface area contributed by atoms with Crippen molar-refractivity contribution in [1.82, 2.24) is 5.32 Å². The highest BCUT2D eigenvalue weighted by molar-refractivity contribution is 7.72. The number of carbonyl (C=O) groups is 1. The van der Waals surface area contributed by atoms with Crippen LogP contribution >= 0.6 is 0 Å². The Kier molecular flexibility index (Phi) is 4.73. The van der Waals surface area contributed by atoms with E-state index in [1.54, 1.807) is 0 Å². The molecule has 0 aromatic rings. The average molecular weight is 235 g/mol. The third-order valence-corrected chi connectivity index (χ3v) is 2.83. The summed E-state index contributed by atoms with van der Waals surface area (Å²) >= 11 is 0. The Labute approximate surface area is 88.8 Å². The zero-order valence-electron chi connectivity index (χ0n) is 8.10. The van der Waals surface area contributed by atoms with Crippen molar-refractivity contribution >= 4 is 21.3 Å². The normalized spacial score (nSPS) is 20.9. The molecule has 1 rings (SSSR count). The van der Waals surface area contributed by atoms with Gasteiger partial charge in [-0.1, -0.05) is 6.42 Å². The summed E-state index contributed by atoms with van der Waals surface area (Å²) in [6.45, 7) is 0.100. The van der Waals surface area contributed by atoms with Gasteiger partial charge in [0.25, 0.3) is 0 Å². The fourth-order valence-corrected chi connectivity index (χ4v) is 2.04. The summed E-state index contributed by atoms with van der Waals surface area (Å²) < 4.78 is 26.4. The fourth-order valence-electron chi connectivity index (χ4n) is 1.45. The van der Waals surface area contributed by atoms with Crippen molar-refractivity contribution in [3.8, 4) is 0 Å². The molecule has 7 heteroatoms. The zero-order chi connectivity index (χ0) is 11.3. The highest BCUT2D eigenvalue weighted by atomic mass is 32.2. The van der Waals surface area contributed by atoms with Crippen molar-refractivity contribution in [2.24, 2.45) is 0 Å². The van der Waals surface area contributed by atoms with E-state index in [4.69, 9.17) is 9.84 Å². The van der Waals surface area contributed by atoms with Crippen LogP contribution in [-0.2, 0) is 19.8 Å². The number of carboxylic acid groups (broad SMARTS) is 1. The molecule has 0 radical (unpaired) electrons. The minimum atomic E-state index is -2.50. The first-order valence-electron chi connectivity index (χ1n) is 4.65. The summed E-state index contributed by atoms with van der Waals surface area (Å²) in [6, 6.07) is -0.378. The smallest absolute Gasteiger partial charge is 0.330 e. The topological polar surface area (TPSA) is 92.7 Å². The predicted octanol–water partition coefficient (Wildman–Crippen LogP) is -0.761. The van der Waals surface area contributed by atoms with Gasteiger partial charge in [0.2, 0.25) is 10.3 Å². The van der Waals surface area contributed by atoms with E-state index in [1.807, 2.05) is 0 Å². The maximum absolute atomic E-state index is 10.8. The Morgan fingerprint density at radius 3 is 2.67 bits per heavy atom. The lowest BCUT2D eigenvalue weighted by molar-refractivity contribution is -0.139. The molecule has 2 N–H and O–H groups in total. The van der Waals surface area contributed by atoms with Crippen LogP contribution in [0.15, 0.2) is 0 Å². The Hall–Kier alpha value is -0.920. The molecule has 0 aromatic heterocycles. The van der Waals surface area contributed by atoms with Crippen LogP contribution < -0.4 is 5.32 Å². The standard InChI is InChI=1S/C8H13NO5S/c10-7(11)5-14-8(15(12)13)6-3-1-2-4-9-6/h6,9H,1-5H2,(H,10,11). The van der Waals surface area contributed by atoms with Crippen LogP contribution in [0, 0.1) is 0 Å². The molecule has 0 saturated carbocycles. The summed E-state index contributed by atoms with van der Waals surface area (Å²) in [4.78, 5) is 10.2. The molecule has 15 heavy (non-hydrogen) atoms. The largest absolute Gasteiger partial charge is 0.480 e. The monoisotopic (exact) mass is 235 g/mol. The third-order valence-electron chi connectivity index (χ3n) is 2.10. The van der Waals surface area contributed by atoms with Gasteiger partial charge in [0.1, 0.15) is 0 Å². The van der Waals surface area contributed by atoms with E-state index in [0.717, 1.165) is 19.4 Å². The van der Waals surface area contributed by atoms with Crippen molar-refractivity contribution in [2.75, 3.05) is 13.2 Å². The molecule has 1 unspecified atom stereocenters. The number of rotatable bonds is 3. The summed E-state index contributed by atoms with van der Waals surface area (Å²) in [5.74, 6) is -1.19. The van der Waals surface area contributed by atoms with E-state index in [9.17, 15) is 13.2 Å². The van der Waals surface area contributed by atoms with Crippen molar-refractivity contribution in [3.05, 3.63) is 0 Å². The minimum absolute atomic E-state index is 0.197. The number of nitrogens with one attached hydrogen (secondary N) is 1. The molecule has 0 aromatic carbocycles. The van der Waals surface area contributed by atoms with E-state index >= 15 is 0 Å². The molecule has 6 nitrogen and oxygen atoms in total. The van der Waals surface area contributed by atoms with Gasteiger partial charge in [-0.15, -0.1) is 0 Å². The van der Waals surface area contributed by atoms with Crippen LogP contribution in [0.1, 0.15) is 19.3 Å². The van der Waals surface area contributed by atoms with Gasteiger partial charge in [0, 0.05) is 0 Å². The predicted molar refractivity (Wildman–Crippen MR) is 53.2 cm³/mol. The number of hydrogen-bond donors (Lipinski definition) is 2. The van der Waals surface area contributed by atoms with Crippen LogP contribution in [0.3, 0.4) is 0 Å². The number of piperidine rings is 1. The Morgan fingerprint density at radius 1 is 1.47 bits per heavy atom. The molecule has 1 atom stereocenters. The molecule has 0 bridgehead atoms. The lowest BCUT2D eigenvalue weighted by Gasteiger charge is -2.22. The number of aliphatic carboxylic acids is 1. The SMILES string of the molecule is O=C(O)COC(C1CCCCN1)=S(=O)=O. The molecular weight excluding hydrogens is 222 g/mol. The van der Waals surface area contributed by atoms with Gasteiger partial charge in [-0.25, -0.2) is 4.79 Å². The maximum atomic E-state index is 10.8. The number of hydrogen-bond acceptors (Lipinski definition) is 5. The van der Waals surface area contributed by atoms with Crippen molar-refractivity contribution in [2.45, 2.75) is 25.3 Å². The van der Waals surface area contributed by atoms with E-state index < -0.39 is 22.9 Å². The summed E-state index contributed by atoms with van der Waals surface area (Å²) in [7, 11) is -2.50. The van der Waals surface area contributed by atoms with Crippen LogP contribution in [0.2, 0.25) is 0 Å². The average Bonchev–Trinajstić information content (AvgIpc) is 2.18. The lowest BCUT2D eigenvalue weighted by atomic mass is 10.1. The molecule has 0 spiro atoms. The van der Waals surface area contributed by atoms with Crippen molar-refractivity contribution in [3.63, 3.8) is 0 Å². The summed E-state index contributed by atoms with van der Waals surface area (Å²) in [5, 5.41) is 11.2. The second kappa shape index (κ2) is 5.84. The van der Waals surface area contributed by atoms with Crippen LogP contribution in [-0.4, -0.2) is 43.7 Å². The molecule has 1 saturated heterocycles. The van der Waals surface area contributed by atoms with Gasteiger partial charge in [-0.3, -0.25) is 0 Å². The molecule has 1 aliphatic heterocycles. The van der Waals surface area contributed by atoms with Gasteiger partial charge in [0.15, 0.2) is 11.7 Å². The first kappa shape index (κ1) is 12.2. The van der Waals surface area contributed by atoms with Gasteiger partial charge in [-0.2, -0.15) is 8.42 Å². The highest BCUT2D eigenvalue weighted by Crippen LogP contribution is 2.08. The second-order valence-electron chi connectivity index (χ2n) is 3.24. The zero-order valence-corrected chi connectivity index (χ0v) is 8.92. The first-order valence-corrected chi connectivity index (χ1v) is 5.73. The Bertz CT molecular complexity index is 347. The second-order valence-corrected chi connectivity index (χ2v) is 4.11. The summed E-state index contributed by atoms with van der Waals surface area (Å²) in [5.41, 5.74) is 0. The maximum Gasteiger partial charge on any atom is 0.330 e. The molecule has 1 aliphatic rings. The fraction of sp³-hybridized carbons (Fsp3) is 0.750. The molecule has 1 fully saturated rings. The van der Waals surface area contributed by atoms with E-state index in [1.165, 1.54) is 0 Å². The molecule has 0 amide bonds. The van der Waals surface area contributed by atoms with E-state index in [0.29, 0.717) is 6.42 Å². The van der Waals surface area contributed by atoms with Gasteiger partial charge < -0.3 is 15.2 Å². The molecular formula is C8H13NO5S.